The molecular formula is C14H16ClN3OS. The molecule has 0 radical (unpaired) electrons. The van der Waals surface area contributed by atoms with E-state index < -0.39 is 0 Å². The highest BCUT2D eigenvalue weighted by Gasteiger charge is 2.19. The van der Waals surface area contributed by atoms with Crippen molar-refractivity contribution in [2.24, 2.45) is 7.05 Å². The monoisotopic (exact) mass is 309 g/mol. The molecule has 0 atom stereocenters. The molecule has 0 aliphatic carbocycles. The van der Waals surface area contributed by atoms with Gasteiger partial charge in [0, 0.05) is 36.1 Å². The Morgan fingerprint density at radius 2 is 1.90 bits per heavy atom. The summed E-state index contributed by atoms with van der Waals surface area (Å²) in [5.74, 6) is 0.872. The molecule has 0 amide bonds. The maximum absolute atomic E-state index is 5.91. The summed E-state index contributed by atoms with van der Waals surface area (Å²) in [7, 11) is 2.01. The topological polar surface area (TPSA) is 39.9 Å². The second-order valence-electron chi connectivity index (χ2n) is 4.80. The van der Waals surface area contributed by atoms with Crippen LogP contribution in [0.5, 0.6) is 0 Å². The van der Waals surface area contributed by atoms with Crippen molar-refractivity contribution in [2.45, 2.75) is 23.2 Å². The van der Waals surface area contributed by atoms with Crippen LogP contribution in [0.2, 0.25) is 5.02 Å². The zero-order valence-electron chi connectivity index (χ0n) is 11.3. The third kappa shape index (κ3) is 3.00. The molecule has 4 nitrogen and oxygen atoms in total. The number of benzene rings is 1. The van der Waals surface area contributed by atoms with Crippen LogP contribution in [0.4, 0.5) is 0 Å². The second-order valence-corrected chi connectivity index (χ2v) is 6.51. The molecule has 3 rings (SSSR count). The van der Waals surface area contributed by atoms with Gasteiger partial charge in [-0.1, -0.05) is 23.4 Å². The molecule has 0 bridgehead atoms. The van der Waals surface area contributed by atoms with E-state index in [9.17, 15) is 0 Å². The zero-order valence-corrected chi connectivity index (χ0v) is 12.8. The lowest BCUT2D eigenvalue weighted by Crippen LogP contribution is -2.17. The number of rotatable bonds is 3. The number of ether oxygens (including phenoxy) is 1. The molecular weight excluding hydrogens is 294 g/mol. The van der Waals surface area contributed by atoms with Crippen molar-refractivity contribution in [1.82, 2.24) is 14.8 Å². The van der Waals surface area contributed by atoms with E-state index in [1.54, 1.807) is 11.8 Å². The number of halogens is 1. The van der Waals surface area contributed by atoms with Gasteiger partial charge in [-0.05, 0) is 37.1 Å². The molecule has 2 aromatic rings. The van der Waals surface area contributed by atoms with Crippen LogP contribution in [0, 0.1) is 0 Å². The number of aromatic nitrogens is 3. The quantitative estimate of drug-likeness (QED) is 0.871. The van der Waals surface area contributed by atoms with Crippen LogP contribution in [0.15, 0.2) is 29.4 Å². The summed E-state index contributed by atoms with van der Waals surface area (Å²) in [5.41, 5.74) is 1.03. The summed E-state index contributed by atoms with van der Waals surface area (Å²) >= 11 is 7.71. The highest BCUT2D eigenvalue weighted by molar-refractivity contribution is 7.99. The van der Waals surface area contributed by atoms with Crippen molar-refractivity contribution in [3.63, 3.8) is 0 Å². The molecule has 106 valence electrons. The number of hydrogen-bond acceptors (Lipinski definition) is 4. The van der Waals surface area contributed by atoms with Gasteiger partial charge in [0.25, 0.3) is 0 Å². The highest BCUT2D eigenvalue weighted by Crippen LogP contribution is 2.30. The van der Waals surface area contributed by atoms with Crippen molar-refractivity contribution in [2.75, 3.05) is 13.2 Å². The van der Waals surface area contributed by atoms with Gasteiger partial charge in [-0.25, -0.2) is 0 Å². The number of thioether (sulfide) groups is 1. The molecule has 0 N–H and O–H groups in total. The molecule has 0 spiro atoms. The van der Waals surface area contributed by atoms with E-state index in [1.165, 1.54) is 0 Å². The Labute approximate surface area is 127 Å². The van der Waals surface area contributed by atoms with E-state index in [0.717, 1.165) is 47.6 Å². The van der Waals surface area contributed by atoms with Gasteiger partial charge in [0.2, 0.25) is 0 Å². The second kappa shape index (κ2) is 6.16. The average molecular weight is 310 g/mol. The fourth-order valence-electron chi connectivity index (χ4n) is 2.21. The molecule has 1 aromatic heterocycles. The summed E-state index contributed by atoms with van der Waals surface area (Å²) in [6.45, 7) is 1.69. The summed E-state index contributed by atoms with van der Waals surface area (Å²) < 4.78 is 7.43. The van der Waals surface area contributed by atoms with E-state index in [0.29, 0.717) is 5.25 Å². The third-order valence-electron chi connectivity index (χ3n) is 3.38. The van der Waals surface area contributed by atoms with Gasteiger partial charge >= 0.3 is 0 Å². The van der Waals surface area contributed by atoms with Gasteiger partial charge in [-0.2, -0.15) is 0 Å². The maximum Gasteiger partial charge on any atom is 0.191 e. The molecule has 6 heteroatoms. The van der Waals surface area contributed by atoms with E-state index in [4.69, 9.17) is 16.3 Å². The van der Waals surface area contributed by atoms with Crippen LogP contribution in [0.3, 0.4) is 0 Å². The lowest BCUT2D eigenvalue weighted by atomic mass is 10.2. The van der Waals surface area contributed by atoms with E-state index >= 15 is 0 Å². The number of nitrogens with zero attached hydrogens (tertiary/aromatic N) is 3. The molecule has 1 aromatic carbocycles. The predicted molar refractivity (Wildman–Crippen MR) is 81.1 cm³/mol. The molecule has 1 aliphatic rings. The Kier molecular flexibility index (Phi) is 4.29. The number of hydrogen-bond donors (Lipinski definition) is 0. The SMILES string of the molecule is Cn1c(SC2CCOCC2)nnc1-c1ccc(Cl)cc1. The van der Waals surface area contributed by atoms with Crippen LogP contribution < -0.4 is 0 Å². The Bertz CT molecular complexity index is 579. The normalized spacial score (nSPS) is 16.5. The summed E-state index contributed by atoms with van der Waals surface area (Å²) in [6, 6.07) is 7.68. The van der Waals surface area contributed by atoms with Gasteiger partial charge in [0.1, 0.15) is 0 Å². The van der Waals surface area contributed by atoms with Crippen molar-refractivity contribution in [3.05, 3.63) is 29.3 Å². The maximum atomic E-state index is 5.91. The molecule has 2 heterocycles. The van der Waals surface area contributed by atoms with Gasteiger partial charge < -0.3 is 9.30 Å². The van der Waals surface area contributed by atoms with Gasteiger partial charge in [-0.3, -0.25) is 0 Å². The fraction of sp³-hybridized carbons (Fsp3) is 0.429. The molecule has 0 unspecified atom stereocenters. The first kappa shape index (κ1) is 13.9. The first-order valence-corrected chi connectivity index (χ1v) is 7.89. The van der Waals surface area contributed by atoms with Crippen LogP contribution in [-0.2, 0) is 11.8 Å². The molecule has 1 aliphatic heterocycles. The van der Waals surface area contributed by atoms with Gasteiger partial charge in [0.15, 0.2) is 11.0 Å². The highest BCUT2D eigenvalue weighted by atomic mass is 35.5. The summed E-state index contributed by atoms with van der Waals surface area (Å²) in [6.07, 6.45) is 2.15. The molecule has 1 fully saturated rings. The van der Waals surface area contributed by atoms with Crippen molar-refractivity contribution >= 4 is 23.4 Å². The lowest BCUT2D eigenvalue weighted by Gasteiger charge is -2.20. The van der Waals surface area contributed by atoms with Crippen LogP contribution in [-0.4, -0.2) is 33.2 Å². The average Bonchev–Trinajstić information content (AvgIpc) is 2.83. The smallest absolute Gasteiger partial charge is 0.191 e. The minimum absolute atomic E-state index is 0.574. The molecule has 1 saturated heterocycles. The van der Waals surface area contributed by atoms with Crippen LogP contribution in [0.1, 0.15) is 12.8 Å². The molecule has 20 heavy (non-hydrogen) atoms. The third-order valence-corrected chi connectivity index (χ3v) is 5.00. The largest absolute Gasteiger partial charge is 0.381 e. The first-order valence-electron chi connectivity index (χ1n) is 6.64. The van der Waals surface area contributed by atoms with E-state index in [1.807, 2.05) is 35.9 Å². The minimum Gasteiger partial charge on any atom is -0.381 e. The van der Waals surface area contributed by atoms with Crippen LogP contribution in [0.25, 0.3) is 11.4 Å². The zero-order chi connectivity index (χ0) is 13.9. The Balaban J connectivity index is 1.79. The van der Waals surface area contributed by atoms with Crippen LogP contribution >= 0.6 is 23.4 Å². The standard InChI is InChI=1S/C14H16ClN3OS/c1-18-13(10-2-4-11(15)5-3-10)16-17-14(18)20-12-6-8-19-9-7-12/h2-5,12H,6-9H2,1H3. The molecule has 0 saturated carbocycles. The lowest BCUT2D eigenvalue weighted by molar-refractivity contribution is 0.0999. The summed E-state index contributed by atoms with van der Waals surface area (Å²) in [5, 5.41) is 10.9. The van der Waals surface area contributed by atoms with Crippen molar-refractivity contribution in [1.29, 1.82) is 0 Å². The van der Waals surface area contributed by atoms with E-state index in [2.05, 4.69) is 10.2 Å². The van der Waals surface area contributed by atoms with E-state index in [-0.39, 0.29) is 0 Å². The Hall–Kier alpha value is -1.04. The minimum atomic E-state index is 0.574. The Morgan fingerprint density at radius 3 is 2.60 bits per heavy atom. The fourth-order valence-corrected chi connectivity index (χ4v) is 3.40. The summed E-state index contributed by atoms with van der Waals surface area (Å²) in [4.78, 5) is 0. The predicted octanol–water partition coefficient (Wildman–Crippen LogP) is 3.41. The Morgan fingerprint density at radius 1 is 1.20 bits per heavy atom. The van der Waals surface area contributed by atoms with Crippen molar-refractivity contribution in [3.8, 4) is 11.4 Å². The first-order chi connectivity index (χ1) is 9.74. The van der Waals surface area contributed by atoms with Crippen molar-refractivity contribution < 1.29 is 4.74 Å². The van der Waals surface area contributed by atoms with Gasteiger partial charge in [0.05, 0.1) is 0 Å². The van der Waals surface area contributed by atoms with Gasteiger partial charge in [-0.15, -0.1) is 10.2 Å².